The first-order chi connectivity index (χ1) is 12.2. The molecule has 0 radical (unpaired) electrons. The van der Waals surface area contributed by atoms with E-state index in [2.05, 4.69) is 10.5 Å². The van der Waals surface area contributed by atoms with Crippen molar-refractivity contribution in [3.05, 3.63) is 59.8 Å². The van der Waals surface area contributed by atoms with Crippen molar-refractivity contribution in [1.29, 1.82) is 0 Å². The van der Waals surface area contributed by atoms with Gasteiger partial charge in [0.1, 0.15) is 11.4 Å². The van der Waals surface area contributed by atoms with Gasteiger partial charge >= 0.3 is 0 Å². The molecule has 0 bridgehead atoms. The minimum Gasteiger partial charge on any atom is -0.497 e. The Morgan fingerprint density at radius 1 is 1.24 bits per heavy atom. The monoisotopic (exact) mass is 336 g/mol. The zero-order chi connectivity index (χ0) is 17.2. The van der Waals surface area contributed by atoms with Crippen molar-refractivity contribution < 1.29 is 14.1 Å². The molecule has 5 heteroatoms. The van der Waals surface area contributed by atoms with E-state index >= 15 is 0 Å². The average Bonchev–Trinajstić information content (AvgIpc) is 3.42. The predicted molar refractivity (Wildman–Crippen MR) is 94.3 cm³/mol. The van der Waals surface area contributed by atoms with Gasteiger partial charge in [0.05, 0.1) is 19.6 Å². The van der Waals surface area contributed by atoms with Crippen molar-refractivity contribution in [2.24, 2.45) is 5.92 Å². The van der Waals surface area contributed by atoms with Crippen molar-refractivity contribution in [1.82, 2.24) is 10.5 Å². The second kappa shape index (κ2) is 6.59. The summed E-state index contributed by atoms with van der Waals surface area (Å²) in [4.78, 5) is 12.6. The summed E-state index contributed by atoms with van der Waals surface area (Å²) in [5.41, 5.74) is 2.50. The van der Waals surface area contributed by atoms with Gasteiger partial charge in [-0.05, 0) is 48.6 Å². The second-order valence-corrected chi connectivity index (χ2v) is 6.46. The van der Waals surface area contributed by atoms with Crippen LogP contribution in [0.15, 0.2) is 53.1 Å². The highest BCUT2D eigenvalue weighted by molar-refractivity contribution is 5.86. The molecule has 1 aliphatic carbocycles. The standard InChI is InChI=1S/C20H20N2O3/c1-24-15-10-8-14(9-11-15)20(13-6-7-13)21-19(23)12-17-16-4-2-3-5-18(16)25-22-17/h2-5,8-11,13,20H,6-7,12H2,1H3,(H,21,23). The van der Waals surface area contributed by atoms with E-state index in [1.54, 1.807) is 7.11 Å². The van der Waals surface area contributed by atoms with Crippen molar-refractivity contribution in [2.75, 3.05) is 7.11 Å². The summed E-state index contributed by atoms with van der Waals surface area (Å²) in [6.45, 7) is 0. The van der Waals surface area contributed by atoms with Gasteiger partial charge in [-0.3, -0.25) is 4.79 Å². The first kappa shape index (κ1) is 15.7. The molecular weight excluding hydrogens is 316 g/mol. The van der Waals surface area contributed by atoms with E-state index in [0.29, 0.717) is 17.2 Å². The lowest BCUT2D eigenvalue weighted by atomic mass is 10.0. The topological polar surface area (TPSA) is 64.4 Å². The quantitative estimate of drug-likeness (QED) is 0.746. The highest BCUT2D eigenvalue weighted by atomic mass is 16.5. The lowest BCUT2D eigenvalue weighted by Gasteiger charge is -2.19. The molecule has 1 heterocycles. The number of carbonyl (C=O) groups is 1. The number of aromatic nitrogens is 1. The van der Waals surface area contributed by atoms with Crippen LogP contribution in [-0.2, 0) is 11.2 Å². The Kier molecular flexibility index (Phi) is 4.14. The molecule has 1 aromatic heterocycles. The van der Waals surface area contributed by atoms with Gasteiger partial charge in [0.2, 0.25) is 5.91 Å². The molecule has 1 aliphatic rings. The molecule has 1 N–H and O–H groups in total. The van der Waals surface area contributed by atoms with Crippen LogP contribution >= 0.6 is 0 Å². The van der Waals surface area contributed by atoms with E-state index in [0.717, 1.165) is 29.5 Å². The van der Waals surface area contributed by atoms with E-state index < -0.39 is 0 Å². The van der Waals surface area contributed by atoms with Crippen LogP contribution in [-0.4, -0.2) is 18.2 Å². The third kappa shape index (κ3) is 3.36. The van der Waals surface area contributed by atoms with E-state index in [9.17, 15) is 4.79 Å². The van der Waals surface area contributed by atoms with Crippen LogP contribution in [0, 0.1) is 5.92 Å². The number of nitrogens with one attached hydrogen (secondary N) is 1. The van der Waals surface area contributed by atoms with Crippen molar-refractivity contribution >= 4 is 16.9 Å². The van der Waals surface area contributed by atoms with Crippen LogP contribution in [0.4, 0.5) is 0 Å². The van der Waals surface area contributed by atoms with Gasteiger partial charge in [0, 0.05) is 5.39 Å². The highest BCUT2D eigenvalue weighted by Crippen LogP contribution is 2.41. The second-order valence-electron chi connectivity index (χ2n) is 6.46. The Morgan fingerprint density at radius 3 is 2.72 bits per heavy atom. The zero-order valence-corrected chi connectivity index (χ0v) is 14.1. The molecule has 4 rings (SSSR count). The minimum absolute atomic E-state index is 0.0354. The number of fused-ring (bicyclic) bond motifs is 1. The number of benzene rings is 2. The number of nitrogens with zero attached hydrogens (tertiary/aromatic N) is 1. The summed E-state index contributed by atoms with van der Waals surface area (Å²) in [6.07, 6.45) is 2.50. The van der Waals surface area contributed by atoms with Gasteiger partial charge in [-0.15, -0.1) is 0 Å². The summed E-state index contributed by atoms with van der Waals surface area (Å²) >= 11 is 0. The Balaban J connectivity index is 1.49. The van der Waals surface area contributed by atoms with E-state index in [4.69, 9.17) is 9.26 Å². The maximum atomic E-state index is 12.6. The number of amides is 1. The molecule has 1 unspecified atom stereocenters. The number of carbonyl (C=O) groups excluding carboxylic acids is 1. The molecule has 1 amide bonds. The number of hydrogen-bond donors (Lipinski definition) is 1. The number of para-hydroxylation sites is 1. The Bertz CT molecular complexity index is 881. The van der Waals surface area contributed by atoms with Crippen LogP contribution in [0.5, 0.6) is 5.75 Å². The third-order valence-corrected chi connectivity index (χ3v) is 4.66. The lowest BCUT2D eigenvalue weighted by molar-refractivity contribution is -0.121. The van der Waals surface area contributed by atoms with Gasteiger partial charge in [-0.1, -0.05) is 29.4 Å². The SMILES string of the molecule is COc1ccc(C(NC(=O)Cc2noc3ccccc23)C2CC2)cc1. The van der Waals surface area contributed by atoms with Gasteiger partial charge in [-0.25, -0.2) is 0 Å². The maximum absolute atomic E-state index is 12.6. The molecule has 1 saturated carbocycles. The van der Waals surface area contributed by atoms with E-state index in [1.165, 1.54) is 0 Å². The average molecular weight is 336 g/mol. The summed E-state index contributed by atoms with van der Waals surface area (Å²) in [6, 6.07) is 15.5. The number of methoxy groups -OCH3 is 1. The van der Waals surface area contributed by atoms with E-state index in [1.807, 2.05) is 48.5 Å². The molecule has 128 valence electrons. The largest absolute Gasteiger partial charge is 0.497 e. The Labute approximate surface area is 146 Å². The van der Waals surface area contributed by atoms with Crippen LogP contribution < -0.4 is 10.1 Å². The molecule has 1 fully saturated rings. The molecule has 1 atom stereocenters. The van der Waals surface area contributed by atoms with Crippen LogP contribution in [0.25, 0.3) is 11.0 Å². The molecule has 5 nitrogen and oxygen atoms in total. The van der Waals surface area contributed by atoms with Crippen molar-refractivity contribution in [3.63, 3.8) is 0 Å². The fraction of sp³-hybridized carbons (Fsp3) is 0.300. The first-order valence-electron chi connectivity index (χ1n) is 8.51. The van der Waals surface area contributed by atoms with Crippen LogP contribution in [0.3, 0.4) is 0 Å². The van der Waals surface area contributed by atoms with Gasteiger partial charge in [-0.2, -0.15) is 0 Å². The number of rotatable bonds is 6. The molecule has 0 aliphatic heterocycles. The first-order valence-corrected chi connectivity index (χ1v) is 8.51. The normalized spacial score (nSPS) is 15.1. The third-order valence-electron chi connectivity index (χ3n) is 4.66. The molecule has 3 aromatic rings. The fourth-order valence-corrected chi connectivity index (χ4v) is 3.16. The molecule has 2 aromatic carbocycles. The van der Waals surface area contributed by atoms with Gasteiger partial charge in [0.15, 0.2) is 5.58 Å². The van der Waals surface area contributed by atoms with Crippen molar-refractivity contribution in [3.8, 4) is 5.75 Å². The molecular formula is C20H20N2O3. The van der Waals surface area contributed by atoms with Crippen LogP contribution in [0.2, 0.25) is 0 Å². The maximum Gasteiger partial charge on any atom is 0.226 e. The zero-order valence-electron chi connectivity index (χ0n) is 14.1. The fourth-order valence-electron chi connectivity index (χ4n) is 3.16. The highest BCUT2D eigenvalue weighted by Gasteiger charge is 2.33. The Hall–Kier alpha value is -2.82. The smallest absolute Gasteiger partial charge is 0.226 e. The molecule has 0 spiro atoms. The van der Waals surface area contributed by atoms with Gasteiger partial charge < -0.3 is 14.6 Å². The van der Waals surface area contributed by atoms with Crippen LogP contribution in [0.1, 0.15) is 30.1 Å². The predicted octanol–water partition coefficient (Wildman–Crippen LogP) is 3.65. The van der Waals surface area contributed by atoms with Crippen molar-refractivity contribution in [2.45, 2.75) is 25.3 Å². The minimum atomic E-state index is -0.0354. The summed E-state index contributed by atoms with van der Waals surface area (Å²) in [5.74, 6) is 1.29. The number of hydrogen-bond acceptors (Lipinski definition) is 4. The lowest BCUT2D eigenvalue weighted by Crippen LogP contribution is -2.31. The summed E-state index contributed by atoms with van der Waals surface area (Å²) in [5, 5.41) is 8.11. The van der Waals surface area contributed by atoms with E-state index in [-0.39, 0.29) is 18.4 Å². The molecule has 25 heavy (non-hydrogen) atoms. The summed E-state index contributed by atoms with van der Waals surface area (Å²) < 4.78 is 10.5. The Morgan fingerprint density at radius 2 is 2.00 bits per heavy atom. The summed E-state index contributed by atoms with van der Waals surface area (Å²) in [7, 11) is 1.65. The molecule has 0 saturated heterocycles. The van der Waals surface area contributed by atoms with Gasteiger partial charge in [0.25, 0.3) is 0 Å². The number of ether oxygens (including phenoxy) is 1.